The summed E-state index contributed by atoms with van der Waals surface area (Å²) in [5.41, 5.74) is 3.22. The Morgan fingerprint density at radius 1 is 0.974 bits per heavy atom. The van der Waals surface area contributed by atoms with E-state index < -0.39 is 0 Å². The second-order valence-electron chi connectivity index (χ2n) is 9.18. The second-order valence-corrected chi connectivity index (χ2v) is 10.3. The monoisotopic (exact) mass is 547 g/mol. The van der Waals surface area contributed by atoms with Crippen molar-refractivity contribution in [3.63, 3.8) is 0 Å². The van der Waals surface area contributed by atoms with E-state index >= 15 is 0 Å². The van der Waals surface area contributed by atoms with Gasteiger partial charge >= 0.3 is 0 Å². The Labute approximate surface area is 232 Å². The summed E-state index contributed by atoms with van der Waals surface area (Å²) in [5, 5.41) is 1.48. The van der Waals surface area contributed by atoms with Crippen LogP contribution in [0.4, 0.5) is 10.8 Å². The van der Waals surface area contributed by atoms with Gasteiger partial charge in [0.2, 0.25) is 11.0 Å². The van der Waals surface area contributed by atoms with Crippen LogP contribution in [0, 0.1) is 0 Å². The van der Waals surface area contributed by atoms with Crippen LogP contribution < -0.4 is 14.5 Å². The number of hydrogen-bond donors (Lipinski definition) is 0. The fourth-order valence-electron chi connectivity index (χ4n) is 4.57. The maximum atomic E-state index is 13.4. The molecule has 1 aromatic heterocycles. The zero-order chi connectivity index (χ0) is 26.3. The zero-order valence-electron chi connectivity index (χ0n) is 21.3. The van der Waals surface area contributed by atoms with Gasteiger partial charge in [0, 0.05) is 50.7 Å². The van der Waals surface area contributed by atoms with Gasteiger partial charge in [0.15, 0.2) is 0 Å². The molecule has 38 heavy (non-hydrogen) atoms. The molecule has 0 unspecified atom stereocenters. The van der Waals surface area contributed by atoms with E-state index in [4.69, 9.17) is 21.3 Å². The summed E-state index contributed by atoms with van der Waals surface area (Å²) >= 11 is 7.73. The molecular weight excluding hydrogens is 518 g/mol. The predicted molar refractivity (Wildman–Crippen MR) is 153 cm³/mol. The number of carbonyl (C=O) groups is 1. The number of anilines is 2. The van der Waals surface area contributed by atoms with E-state index in [1.54, 1.807) is 7.11 Å². The number of hydrogen-bond acceptors (Lipinski definition) is 7. The van der Waals surface area contributed by atoms with Gasteiger partial charge in [0.1, 0.15) is 11.6 Å². The van der Waals surface area contributed by atoms with E-state index in [1.807, 2.05) is 76.5 Å². The van der Waals surface area contributed by atoms with Gasteiger partial charge in [-0.2, -0.15) is 4.37 Å². The third-order valence-electron chi connectivity index (χ3n) is 6.59. The lowest BCUT2D eigenvalue weighted by molar-refractivity contribution is -0.130. The highest BCUT2D eigenvalue weighted by atomic mass is 35.5. The van der Waals surface area contributed by atoms with Crippen LogP contribution in [0.3, 0.4) is 0 Å². The largest absolute Gasteiger partial charge is 0.497 e. The molecule has 1 saturated heterocycles. The highest BCUT2D eigenvalue weighted by Gasteiger charge is 2.25. The van der Waals surface area contributed by atoms with Crippen LogP contribution in [0.5, 0.6) is 5.75 Å². The van der Waals surface area contributed by atoms with Crippen LogP contribution in [0.25, 0.3) is 0 Å². The summed E-state index contributed by atoms with van der Waals surface area (Å²) in [7, 11) is 1.66. The first-order chi connectivity index (χ1) is 18.6. The van der Waals surface area contributed by atoms with Crippen LogP contribution in [0.2, 0.25) is 5.02 Å². The molecule has 0 spiro atoms. The topological polar surface area (TPSA) is 61.8 Å². The fraction of sp³-hybridized carbons (Fsp3) is 0.276. The summed E-state index contributed by atoms with van der Waals surface area (Å²) < 4.78 is 9.95. The number of amides is 1. The average molecular weight is 548 g/mol. The van der Waals surface area contributed by atoms with Crippen molar-refractivity contribution in [2.75, 3.05) is 49.6 Å². The van der Waals surface area contributed by atoms with Crippen LogP contribution >= 0.6 is 23.1 Å². The molecule has 196 valence electrons. The number of halogens is 1. The third kappa shape index (κ3) is 6.44. The van der Waals surface area contributed by atoms with Crippen molar-refractivity contribution < 1.29 is 9.53 Å². The summed E-state index contributed by atoms with van der Waals surface area (Å²) in [6.45, 7) is 3.63. The maximum absolute atomic E-state index is 13.4. The quantitative estimate of drug-likeness (QED) is 0.289. The first-order valence-corrected chi connectivity index (χ1v) is 13.8. The van der Waals surface area contributed by atoms with Crippen molar-refractivity contribution in [1.29, 1.82) is 0 Å². The molecule has 1 fully saturated rings. The molecule has 0 atom stereocenters. The highest BCUT2D eigenvalue weighted by Crippen LogP contribution is 2.27. The number of benzene rings is 3. The number of aromatic nitrogens is 2. The minimum atomic E-state index is 0.0873. The van der Waals surface area contributed by atoms with Crippen LogP contribution in [0.1, 0.15) is 17.0 Å². The van der Waals surface area contributed by atoms with Gasteiger partial charge in [-0.1, -0.05) is 66.2 Å². The maximum Gasteiger partial charge on any atom is 0.242 e. The average Bonchev–Trinajstić information content (AvgIpc) is 3.42. The van der Waals surface area contributed by atoms with Crippen molar-refractivity contribution in [3.8, 4) is 5.75 Å². The molecule has 0 N–H and O–H groups in total. The first kappa shape index (κ1) is 26.0. The van der Waals surface area contributed by atoms with E-state index in [-0.39, 0.29) is 12.5 Å². The van der Waals surface area contributed by atoms with E-state index in [1.165, 1.54) is 11.5 Å². The van der Waals surface area contributed by atoms with Gasteiger partial charge in [0.25, 0.3) is 0 Å². The molecule has 4 aromatic rings. The molecule has 0 bridgehead atoms. The SMILES string of the molecule is COc1cccc(Cc2nsc(N(CC(=O)N3CCN(c4ccccc4Cl)CC3)Cc3ccccc3)n2)c1. The number of methoxy groups -OCH3 is 1. The molecule has 0 radical (unpaired) electrons. The molecule has 0 aliphatic carbocycles. The molecule has 1 aliphatic heterocycles. The molecule has 2 heterocycles. The zero-order valence-corrected chi connectivity index (χ0v) is 22.9. The van der Waals surface area contributed by atoms with Gasteiger partial charge < -0.3 is 19.4 Å². The fourth-order valence-corrected chi connectivity index (χ4v) is 5.51. The lowest BCUT2D eigenvalue weighted by atomic mass is 10.1. The Morgan fingerprint density at radius 2 is 1.71 bits per heavy atom. The Bertz CT molecular complexity index is 1360. The minimum Gasteiger partial charge on any atom is -0.497 e. The van der Waals surface area contributed by atoms with Crippen molar-refractivity contribution in [3.05, 3.63) is 101 Å². The van der Waals surface area contributed by atoms with Crippen molar-refractivity contribution in [2.24, 2.45) is 0 Å². The Kier molecular flexibility index (Phi) is 8.41. The lowest BCUT2D eigenvalue weighted by Crippen LogP contribution is -2.51. The van der Waals surface area contributed by atoms with E-state index in [9.17, 15) is 4.79 Å². The molecule has 5 rings (SSSR count). The summed E-state index contributed by atoms with van der Waals surface area (Å²) in [6, 6.07) is 25.9. The van der Waals surface area contributed by atoms with Crippen molar-refractivity contribution in [1.82, 2.24) is 14.3 Å². The molecule has 0 saturated carbocycles. The van der Waals surface area contributed by atoms with Gasteiger partial charge in [-0.3, -0.25) is 4.79 Å². The third-order valence-corrected chi connectivity index (χ3v) is 7.73. The van der Waals surface area contributed by atoms with Crippen LogP contribution in [-0.2, 0) is 17.8 Å². The number of carbonyl (C=O) groups excluding carboxylic acids is 1. The number of piperazine rings is 1. The number of nitrogens with zero attached hydrogens (tertiary/aromatic N) is 5. The molecule has 3 aromatic carbocycles. The Balaban J connectivity index is 1.27. The minimum absolute atomic E-state index is 0.0873. The summed E-state index contributed by atoms with van der Waals surface area (Å²) in [6.07, 6.45) is 0.602. The standard InChI is InChI=1S/C29H30ClN5O2S/c1-37-24-11-7-10-23(18-24)19-27-31-29(38-32-27)35(20-22-8-3-2-4-9-22)21-28(36)34-16-14-33(15-17-34)26-13-6-5-12-25(26)30/h2-13,18H,14-17,19-21H2,1H3. The van der Waals surface area contributed by atoms with Gasteiger partial charge in [-0.05, 0) is 35.4 Å². The predicted octanol–water partition coefficient (Wildman–Crippen LogP) is 5.15. The summed E-state index contributed by atoms with van der Waals surface area (Å²) in [5.74, 6) is 1.63. The summed E-state index contributed by atoms with van der Waals surface area (Å²) in [4.78, 5) is 24.5. The van der Waals surface area contributed by atoms with Crippen molar-refractivity contribution in [2.45, 2.75) is 13.0 Å². The van der Waals surface area contributed by atoms with E-state index in [0.29, 0.717) is 26.1 Å². The van der Waals surface area contributed by atoms with E-state index in [0.717, 1.165) is 51.6 Å². The number of rotatable bonds is 9. The molecule has 1 aliphatic rings. The Morgan fingerprint density at radius 3 is 2.47 bits per heavy atom. The highest BCUT2D eigenvalue weighted by molar-refractivity contribution is 7.09. The van der Waals surface area contributed by atoms with Gasteiger partial charge in [-0.25, -0.2) is 4.98 Å². The number of ether oxygens (including phenoxy) is 1. The van der Waals surface area contributed by atoms with Crippen molar-refractivity contribution >= 4 is 39.9 Å². The number of para-hydroxylation sites is 1. The Hall–Kier alpha value is -3.62. The molecule has 7 nitrogen and oxygen atoms in total. The van der Waals surface area contributed by atoms with Gasteiger partial charge in [-0.15, -0.1) is 0 Å². The molecular formula is C29H30ClN5O2S. The first-order valence-electron chi connectivity index (χ1n) is 12.6. The smallest absolute Gasteiger partial charge is 0.242 e. The van der Waals surface area contributed by atoms with E-state index in [2.05, 4.69) is 21.4 Å². The molecule has 1 amide bonds. The van der Waals surface area contributed by atoms with Gasteiger partial charge in [0.05, 0.1) is 24.4 Å². The van der Waals surface area contributed by atoms with Crippen LogP contribution in [-0.4, -0.2) is 60.0 Å². The normalized spacial score (nSPS) is 13.4. The molecule has 9 heteroatoms. The second kappa shape index (κ2) is 12.3. The van der Waals surface area contributed by atoms with Crippen LogP contribution in [0.15, 0.2) is 78.9 Å². The lowest BCUT2D eigenvalue weighted by Gasteiger charge is -2.37.